The molecule has 1 aromatic rings. The first-order chi connectivity index (χ1) is 20.5. The van der Waals surface area contributed by atoms with E-state index in [9.17, 15) is 14.7 Å². The summed E-state index contributed by atoms with van der Waals surface area (Å²) < 4.78 is 7.04. The molecular formula is C35H51N3O5. The summed E-state index contributed by atoms with van der Waals surface area (Å²) in [4.78, 5) is 49.4. The summed E-state index contributed by atoms with van der Waals surface area (Å²) >= 11 is 0. The van der Waals surface area contributed by atoms with E-state index in [-0.39, 0.29) is 36.8 Å². The zero-order valence-corrected chi connectivity index (χ0v) is 27.0. The third-order valence-corrected chi connectivity index (χ3v) is 10.4. The van der Waals surface area contributed by atoms with Gasteiger partial charge in [-0.3, -0.25) is 14.4 Å². The van der Waals surface area contributed by atoms with Crippen LogP contribution in [-0.4, -0.2) is 82.2 Å². The van der Waals surface area contributed by atoms with E-state index in [1.807, 2.05) is 59.7 Å². The number of carbonyl (C=O) groups excluding carboxylic acids is 3. The van der Waals surface area contributed by atoms with Crippen LogP contribution in [0.1, 0.15) is 70.9 Å². The molecule has 1 N–H and O–H groups in total. The molecule has 0 aromatic heterocycles. The van der Waals surface area contributed by atoms with E-state index in [2.05, 4.69) is 13.2 Å². The molecule has 3 fully saturated rings. The standard InChI is InChI=1S/C35H51N3O5/c1-9-19-36(20-10-2)31(40)27-28-32(41)38(26(22-39)23(6)12-4)30(35(28)18-17-34(27,13-5)43-35)33(42)37(21-11-3)29-24(7)15-14-16-25(29)8/h9,11,14-16,23,26-28,30,39H,1,3,10,12-13,17-22H2,2,4-8H3/t23-,26-,27+,28-,30?,34-,35?/m0/s1. The highest BCUT2D eigenvalue weighted by Gasteiger charge is 2.79. The monoisotopic (exact) mass is 593 g/mol. The van der Waals surface area contributed by atoms with Crippen LogP contribution in [0.15, 0.2) is 43.5 Å². The van der Waals surface area contributed by atoms with Gasteiger partial charge in [-0.15, -0.1) is 13.2 Å². The molecular weight excluding hydrogens is 542 g/mol. The van der Waals surface area contributed by atoms with Gasteiger partial charge in [-0.2, -0.15) is 0 Å². The normalized spacial score (nSPS) is 28.9. The van der Waals surface area contributed by atoms with Gasteiger partial charge >= 0.3 is 0 Å². The van der Waals surface area contributed by atoms with Crippen molar-refractivity contribution in [2.75, 3.05) is 31.1 Å². The predicted molar refractivity (Wildman–Crippen MR) is 170 cm³/mol. The SMILES string of the molecule is C=CCN(CCC)C(=O)[C@H]1[C@H]2C(=O)N([C@@H](CO)[C@@H](C)CC)C(C(=O)N(CC=C)c3c(C)cccc3C)C23CC[C@]1(CC)O3. The number of nitrogens with zero attached hydrogens (tertiary/aromatic N) is 3. The highest BCUT2D eigenvalue weighted by molar-refractivity contribution is 6.06. The second-order valence-electron chi connectivity index (χ2n) is 12.8. The van der Waals surface area contributed by atoms with E-state index < -0.39 is 35.1 Å². The van der Waals surface area contributed by atoms with Crippen molar-refractivity contribution in [3.63, 3.8) is 0 Å². The smallest absolute Gasteiger partial charge is 0.253 e. The molecule has 0 saturated carbocycles. The van der Waals surface area contributed by atoms with Crippen LogP contribution in [0, 0.1) is 31.6 Å². The molecule has 3 saturated heterocycles. The number of aliphatic hydroxyl groups excluding tert-OH is 1. The van der Waals surface area contributed by atoms with Gasteiger partial charge in [0.2, 0.25) is 11.8 Å². The Kier molecular flexibility index (Phi) is 9.92. The number of aryl methyl sites for hydroxylation is 2. The van der Waals surface area contributed by atoms with Crippen LogP contribution in [0.25, 0.3) is 0 Å². The first-order valence-electron chi connectivity index (χ1n) is 16.0. The maximum absolute atomic E-state index is 15.1. The van der Waals surface area contributed by atoms with Gasteiger partial charge in [-0.1, -0.05) is 64.5 Å². The Hall–Kier alpha value is -2.97. The Labute approximate surface area is 257 Å². The number of para-hydroxylation sites is 1. The minimum absolute atomic E-state index is 0.0728. The van der Waals surface area contributed by atoms with Crippen LogP contribution in [-0.2, 0) is 19.1 Å². The van der Waals surface area contributed by atoms with Crippen molar-refractivity contribution in [1.29, 1.82) is 0 Å². The van der Waals surface area contributed by atoms with Gasteiger partial charge < -0.3 is 24.5 Å². The molecule has 1 spiro atoms. The quantitative estimate of drug-likeness (QED) is 0.313. The fourth-order valence-electron chi connectivity index (χ4n) is 8.20. The van der Waals surface area contributed by atoms with Crippen LogP contribution in [0.3, 0.4) is 0 Å². The molecule has 4 rings (SSSR count). The van der Waals surface area contributed by atoms with Crippen LogP contribution < -0.4 is 4.90 Å². The topological polar surface area (TPSA) is 90.4 Å². The number of fused-ring (bicyclic) bond motifs is 1. The molecule has 2 unspecified atom stereocenters. The largest absolute Gasteiger partial charge is 0.394 e. The maximum Gasteiger partial charge on any atom is 0.253 e. The second kappa shape index (κ2) is 12.9. The molecule has 2 bridgehead atoms. The summed E-state index contributed by atoms with van der Waals surface area (Å²) in [7, 11) is 0. The average Bonchev–Trinajstić information content (AvgIpc) is 3.60. The zero-order chi connectivity index (χ0) is 31.7. The highest BCUT2D eigenvalue weighted by Crippen LogP contribution is 2.65. The van der Waals surface area contributed by atoms with Gasteiger partial charge in [-0.25, -0.2) is 0 Å². The molecule has 43 heavy (non-hydrogen) atoms. The van der Waals surface area contributed by atoms with Crippen LogP contribution in [0.5, 0.6) is 0 Å². The van der Waals surface area contributed by atoms with Gasteiger partial charge in [0.25, 0.3) is 5.91 Å². The fourth-order valence-corrected chi connectivity index (χ4v) is 8.20. The average molecular weight is 594 g/mol. The lowest BCUT2D eigenvalue weighted by Gasteiger charge is -2.41. The lowest BCUT2D eigenvalue weighted by atomic mass is 9.64. The van der Waals surface area contributed by atoms with Crippen LogP contribution in [0.2, 0.25) is 0 Å². The molecule has 3 heterocycles. The van der Waals surface area contributed by atoms with E-state index in [1.165, 1.54) is 0 Å². The predicted octanol–water partition coefficient (Wildman–Crippen LogP) is 4.81. The van der Waals surface area contributed by atoms with E-state index in [0.29, 0.717) is 38.8 Å². The molecule has 3 amide bonds. The van der Waals surface area contributed by atoms with Crippen LogP contribution >= 0.6 is 0 Å². The third kappa shape index (κ3) is 5.14. The lowest BCUT2D eigenvalue weighted by Crippen LogP contribution is -2.60. The summed E-state index contributed by atoms with van der Waals surface area (Å²) in [5.74, 6) is -2.23. The molecule has 7 atom stereocenters. The summed E-state index contributed by atoms with van der Waals surface area (Å²) in [5.41, 5.74) is 0.662. The number of ether oxygens (including phenoxy) is 1. The molecule has 1 aromatic carbocycles. The Balaban J connectivity index is 1.93. The van der Waals surface area contributed by atoms with Crippen molar-refractivity contribution in [3.05, 3.63) is 54.6 Å². The van der Waals surface area contributed by atoms with Crippen molar-refractivity contribution < 1.29 is 24.2 Å². The molecule has 8 heteroatoms. The summed E-state index contributed by atoms with van der Waals surface area (Å²) in [6.07, 6.45) is 6.55. The van der Waals surface area contributed by atoms with Gasteiger partial charge in [0.05, 0.1) is 30.1 Å². The van der Waals surface area contributed by atoms with Crippen molar-refractivity contribution in [2.45, 2.75) is 96.9 Å². The van der Waals surface area contributed by atoms with Crippen molar-refractivity contribution >= 4 is 23.4 Å². The van der Waals surface area contributed by atoms with Crippen molar-refractivity contribution in [1.82, 2.24) is 9.80 Å². The fraction of sp³-hybridized carbons (Fsp3) is 0.629. The van der Waals surface area contributed by atoms with Gasteiger partial charge in [0, 0.05) is 25.3 Å². The number of hydrogen-bond donors (Lipinski definition) is 1. The van der Waals surface area contributed by atoms with E-state index in [1.54, 1.807) is 26.9 Å². The van der Waals surface area contributed by atoms with Gasteiger partial charge in [-0.05, 0) is 56.6 Å². The Morgan fingerprint density at radius 1 is 1.12 bits per heavy atom. The number of carbonyl (C=O) groups is 3. The maximum atomic E-state index is 15.1. The molecule has 236 valence electrons. The van der Waals surface area contributed by atoms with Gasteiger partial charge in [0.15, 0.2) is 0 Å². The first kappa shape index (κ1) is 32.9. The number of anilines is 1. The number of amides is 3. The minimum atomic E-state index is -1.17. The molecule has 0 aliphatic carbocycles. The number of hydrogen-bond acceptors (Lipinski definition) is 5. The van der Waals surface area contributed by atoms with E-state index in [0.717, 1.165) is 23.2 Å². The summed E-state index contributed by atoms with van der Waals surface area (Å²) in [6, 6.07) is 4.33. The highest BCUT2D eigenvalue weighted by atomic mass is 16.5. The minimum Gasteiger partial charge on any atom is -0.394 e. The Bertz CT molecular complexity index is 1230. The van der Waals surface area contributed by atoms with E-state index >= 15 is 4.79 Å². The Morgan fingerprint density at radius 3 is 2.30 bits per heavy atom. The van der Waals surface area contributed by atoms with Crippen LogP contribution in [0.4, 0.5) is 5.69 Å². The second-order valence-corrected chi connectivity index (χ2v) is 12.8. The lowest BCUT2D eigenvalue weighted by molar-refractivity contribution is -0.154. The molecule has 0 radical (unpaired) electrons. The zero-order valence-electron chi connectivity index (χ0n) is 27.0. The van der Waals surface area contributed by atoms with Gasteiger partial charge in [0.1, 0.15) is 11.6 Å². The first-order valence-corrected chi connectivity index (χ1v) is 16.0. The number of likely N-dealkylation sites (tertiary alicyclic amines) is 1. The molecule has 3 aliphatic rings. The Morgan fingerprint density at radius 2 is 1.77 bits per heavy atom. The summed E-state index contributed by atoms with van der Waals surface area (Å²) in [5, 5.41) is 10.7. The third-order valence-electron chi connectivity index (χ3n) is 10.4. The number of benzene rings is 1. The van der Waals surface area contributed by atoms with E-state index in [4.69, 9.17) is 4.74 Å². The number of rotatable bonds is 14. The summed E-state index contributed by atoms with van der Waals surface area (Å²) in [6.45, 7) is 20.7. The molecule has 8 nitrogen and oxygen atoms in total. The van der Waals surface area contributed by atoms with Crippen molar-refractivity contribution in [2.24, 2.45) is 17.8 Å². The number of aliphatic hydroxyl groups is 1. The van der Waals surface area contributed by atoms with Crippen molar-refractivity contribution in [3.8, 4) is 0 Å². The molecule has 3 aliphatic heterocycles.